The van der Waals surface area contributed by atoms with Crippen molar-refractivity contribution in [2.24, 2.45) is 0 Å². The van der Waals surface area contributed by atoms with Gasteiger partial charge in [-0.3, -0.25) is 14.5 Å². The number of halogens is 4. The highest BCUT2D eigenvalue weighted by atomic mass is 127. The van der Waals surface area contributed by atoms with Gasteiger partial charge in [-0.05, 0) is 88.5 Å². The van der Waals surface area contributed by atoms with Crippen LogP contribution in [-0.2, 0) is 17.9 Å². The Morgan fingerprint density at radius 2 is 1.88 bits per heavy atom. The molecule has 3 aromatic carbocycles. The number of hydrogen-bond donors (Lipinski definition) is 0. The van der Waals surface area contributed by atoms with Crippen LogP contribution in [0.3, 0.4) is 0 Å². The van der Waals surface area contributed by atoms with Crippen LogP contribution < -0.4 is 4.74 Å². The highest BCUT2D eigenvalue weighted by molar-refractivity contribution is 14.1. The predicted molar refractivity (Wildman–Crippen MR) is 141 cm³/mol. The summed E-state index contributed by atoms with van der Waals surface area (Å²) in [6, 6.07) is 17.3. The lowest BCUT2D eigenvalue weighted by molar-refractivity contribution is -0.123. The smallest absolute Gasteiger partial charge is 0.293 e. The zero-order chi connectivity index (χ0) is 23.5. The third-order valence-corrected chi connectivity index (χ3v) is 7.29. The number of carbonyl (C=O) groups excluding carboxylic acids is 2. The second-order valence-electron chi connectivity index (χ2n) is 7.07. The lowest BCUT2D eigenvalue weighted by Gasteiger charge is -2.13. The van der Waals surface area contributed by atoms with Crippen LogP contribution in [0.4, 0.5) is 9.18 Å². The van der Waals surface area contributed by atoms with Crippen molar-refractivity contribution in [3.05, 3.63) is 101 Å². The van der Waals surface area contributed by atoms with Gasteiger partial charge >= 0.3 is 0 Å². The van der Waals surface area contributed by atoms with Gasteiger partial charge in [-0.2, -0.15) is 0 Å². The molecule has 1 fully saturated rings. The molecule has 9 heteroatoms. The Hall–Kier alpha value is -1.88. The van der Waals surface area contributed by atoms with Crippen molar-refractivity contribution in [2.75, 3.05) is 0 Å². The predicted octanol–water partition coefficient (Wildman–Crippen LogP) is 7.66. The SMILES string of the molecule is O=C1S/C(=C\c2cc(Br)ccc2OCc2c(F)cccc2Cl)C(=O)N1Cc1ccc(I)cc1. The summed E-state index contributed by atoms with van der Waals surface area (Å²) in [4.78, 5) is 27.0. The van der Waals surface area contributed by atoms with Gasteiger partial charge in [-0.15, -0.1) is 0 Å². The van der Waals surface area contributed by atoms with E-state index in [2.05, 4.69) is 38.5 Å². The topological polar surface area (TPSA) is 46.6 Å². The first-order chi connectivity index (χ1) is 15.8. The van der Waals surface area contributed by atoms with Crippen LogP contribution in [0, 0.1) is 9.39 Å². The van der Waals surface area contributed by atoms with Crippen molar-refractivity contribution in [3.63, 3.8) is 0 Å². The second kappa shape index (κ2) is 10.6. The molecule has 1 aliphatic heterocycles. The molecule has 1 aliphatic rings. The molecule has 0 atom stereocenters. The molecule has 0 radical (unpaired) electrons. The van der Waals surface area contributed by atoms with Crippen molar-refractivity contribution in [2.45, 2.75) is 13.2 Å². The molecule has 0 aliphatic carbocycles. The summed E-state index contributed by atoms with van der Waals surface area (Å²) in [6.45, 7) is 0.120. The van der Waals surface area contributed by atoms with Gasteiger partial charge in [0.2, 0.25) is 0 Å². The number of imide groups is 1. The lowest BCUT2D eigenvalue weighted by atomic mass is 10.1. The molecule has 2 amide bonds. The van der Waals surface area contributed by atoms with E-state index in [9.17, 15) is 14.0 Å². The fourth-order valence-electron chi connectivity index (χ4n) is 3.13. The van der Waals surface area contributed by atoms with Gasteiger partial charge in [0.05, 0.1) is 16.5 Å². The summed E-state index contributed by atoms with van der Waals surface area (Å²) in [5.74, 6) is -0.397. The first kappa shape index (κ1) is 24.3. The van der Waals surface area contributed by atoms with E-state index in [0.29, 0.717) is 11.3 Å². The maximum atomic E-state index is 14.1. The van der Waals surface area contributed by atoms with Gasteiger partial charge in [0.25, 0.3) is 11.1 Å². The number of nitrogens with zero attached hydrogens (tertiary/aromatic N) is 1. The summed E-state index contributed by atoms with van der Waals surface area (Å²) >= 11 is 12.6. The van der Waals surface area contributed by atoms with E-state index in [1.165, 1.54) is 17.0 Å². The molecule has 1 saturated heterocycles. The number of hydrogen-bond acceptors (Lipinski definition) is 4. The number of thioether (sulfide) groups is 1. The Morgan fingerprint density at radius 1 is 1.12 bits per heavy atom. The number of amides is 2. The first-order valence-corrected chi connectivity index (χ1v) is 12.7. The number of carbonyl (C=O) groups is 2. The fraction of sp³-hybridized carbons (Fsp3) is 0.0833. The van der Waals surface area contributed by atoms with E-state index < -0.39 is 5.82 Å². The molecule has 0 unspecified atom stereocenters. The molecule has 0 saturated carbocycles. The highest BCUT2D eigenvalue weighted by Gasteiger charge is 2.35. The number of benzene rings is 3. The van der Waals surface area contributed by atoms with Crippen LogP contribution in [0.25, 0.3) is 6.08 Å². The van der Waals surface area contributed by atoms with Crippen molar-refractivity contribution in [3.8, 4) is 5.75 Å². The van der Waals surface area contributed by atoms with Crippen molar-refractivity contribution < 1.29 is 18.7 Å². The van der Waals surface area contributed by atoms with Crippen molar-refractivity contribution in [1.29, 1.82) is 0 Å². The second-order valence-corrected chi connectivity index (χ2v) is 10.6. The van der Waals surface area contributed by atoms with Crippen LogP contribution in [0.15, 0.2) is 70.0 Å². The molecular weight excluding hydrogens is 644 g/mol. The van der Waals surface area contributed by atoms with Gasteiger partial charge in [0.1, 0.15) is 18.2 Å². The minimum absolute atomic E-state index is 0.0811. The number of rotatable bonds is 6. The van der Waals surface area contributed by atoms with Crippen LogP contribution in [0.2, 0.25) is 5.02 Å². The summed E-state index contributed by atoms with van der Waals surface area (Å²) in [5.41, 5.74) is 1.69. The minimum atomic E-state index is -0.460. The van der Waals surface area contributed by atoms with Crippen LogP contribution in [0.5, 0.6) is 5.75 Å². The van der Waals surface area contributed by atoms with E-state index in [1.807, 2.05) is 24.3 Å². The lowest BCUT2D eigenvalue weighted by Crippen LogP contribution is -2.27. The van der Waals surface area contributed by atoms with Crippen LogP contribution in [0.1, 0.15) is 16.7 Å². The Bertz CT molecular complexity index is 1250. The molecule has 33 heavy (non-hydrogen) atoms. The van der Waals surface area contributed by atoms with E-state index in [1.54, 1.807) is 30.3 Å². The van der Waals surface area contributed by atoms with Crippen LogP contribution in [-0.4, -0.2) is 16.0 Å². The molecule has 0 aromatic heterocycles. The Kier molecular flexibility index (Phi) is 7.78. The Balaban J connectivity index is 1.57. The van der Waals surface area contributed by atoms with Gasteiger partial charge in [0, 0.05) is 19.2 Å². The zero-order valence-electron chi connectivity index (χ0n) is 16.9. The molecular formula is C24H15BrClFINO3S. The van der Waals surface area contributed by atoms with E-state index in [4.69, 9.17) is 16.3 Å². The minimum Gasteiger partial charge on any atom is -0.488 e. The Labute approximate surface area is 221 Å². The standard InChI is InChI=1S/C24H15BrClFINO3S/c25-16-6-9-21(32-13-18-19(26)2-1-3-20(18)27)15(10-16)11-22-23(30)29(24(31)33-22)12-14-4-7-17(28)8-5-14/h1-11H,12-13H2/b22-11-. The molecule has 4 nitrogen and oxygen atoms in total. The highest BCUT2D eigenvalue weighted by Crippen LogP contribution is 2.36. The van der Waals surface area contributed by atoms with Gasteiger partial charge in [-0.25, -0.2) is 4.39 Å². The Morgan fingerprint density at radius 3 is 2.61 bits per heavy atom. The van der Waals surface area contributed by atoms with E-state index in [-0.39, 0.29) is 39.8 Å². The normalized spacial score (nSPS) is 14.9. The third kappa shape index (κ3) is 5.79. The number of ether oxygens (including phenoxy) is 1. The third-order valence-electron chi connectivity index (χ3n) is 4.82. The molecule has 1 heterocycles. The summed E-state index contributed by atoms with van der Waals surface area (Å²) in [6.07, 6.45) is 1.61. The summed E-state index contributed by atoms with van der Waals surface area (Å²) in [7, 11) is 0. The monoisotopic (exact) mass is 657 g/mol. The maximum Gasteiger partial charge on any atom is 0.293 e. The maximum absolute atomic E-state index is 14.1. The van der Waals surface area contributed by atoms with E-state index in [0.717, 1.165) is 25.4 Å². The van der Waals surface area contributed by atoms with Crippen LogP contribution >= 0.6 is 61.9 Å². The molecule has 168 valence electrons. The average Bonchev–Trinajstić information content (AvgIpc) is 3.03. The first-order valence-electron chi connectivity index (χ1n) is 9.67. The zero-order valence-corrected chi connectivity index (χ0v) is 22.2. The van der Waals surface area contributed by atoms with E-state index >= 15 is 0 Å². The van der Waals surface area contributed by atoms with Crippen molar-refractivity contribution >= 4 is 79.1 Å². The molecule has 0 spiro atoms. The van der Waals surface area contributed by atoms with Gasteiger partial charge in [0.15, 0.2) is 0 Å². The fourth-order valence-corrected chi connectivity index (χ4v) is 4.92. The van der Waals surface area contributed by atoms with Gasteiger partial charge in [-0.1, -0.05) is 45.7 Å². The van der Waals surface area contributed by atoms with Crippen molar-refractivity contribution in [1.82, 2.24) is 4.90 Å². The molecule has 0 N–H and O–H groups in total. The molecule has 3 aromatic rings. The van der Waals surface area contributed by atoms with Gasteiger partial charge < -0.3 is 4.74 Å². The average molecular weight is 659 g/mol. The molecule has 0 bridgehead atoms. The quantitative estimate of drug-likeness (QED) is 0.202. The largest absolute Gasteiger partial charge is 0.488 e. The molecule has 4 rings (SSSR count). The summed E-state index contributed by atoms with van der Waals surface area (Å²) in [5, 5.41) is -0.0641. The summed E-state index contributed by atoms with van der Waals surface area (Å²) < 4.78 is 21.8.